The van der Waals surface area contributed by atoms with Crippen LogP contribution >= 0.6 is 11.6 Å². The molecular weight excluding hydrogens is 428 g/mol. The van der Waals surface area contributed by atoms with Crippen molar-refractivity contribution in [3.63, 3.8) is 0 Å². The zero-order chi connectivity index (χ0) is 22.6. The molecule has 160 valence electrons. The maximum atomic E-state index is 13.5. The van der Waals surface area contributed by atoms with Crippen LogP contribution in [0.2, 0.25) is 5.02 Å². The smallest absolute Gasteiger partial charge is 0.195 e. The van der Waals surface area contributed by atoms with Gasteiger partial charge in [0.2, 0.25) is 0 Å². The number of pyridine rings is 1. The maximum Gasteiger partial charge on any atom is 0.195 e. The summed E-state index contributed by atoms with van der Waals surface area (Å²) in [4.78, 5) is 18.0. The number of para-hydroxylation sites is 1. The fourth-order valence-electron chi connectivity index (χ4n) is 4.00. The van der Waals surface area contributed by atoms with Crippen LogP contribution in [0, 0.1) is 0 Å². The molecule has 0 bridgehead atoms. The third-order valence-electron chi connectivity index (χ3n) is 5.62. The van der Waals surface area contributed by atoms with Crippen molar-refractivity contribution < 1.29 is 4.79 Å². The molecule has 0 saturated carbocycles. The molecule has 0 saturated heterocycles. The molecule has 4 heteroatoms. The number of anilines is 1. The van der Waals surface area contributed by atoms with Crippen LogP contribution in [0.3, 0.4) is 0 Å². The lowest BCUT2D eigenvalue weighted by atomic mass is 9.92. The Kier molecular flexibility index (Phi) is 5.88. The lowest BCUT2D eigenvalue weighted by molar-refractivity contribution is 0.103. The van der Waals surface area contributed by atoms with Crippen molar-refractivity contribution in [2.24, 2.45) is 0 Å². The van der Waals surface area contributed by atoms with Crippen LogP contribution in [0.4, 0.5) is 5.69 Å². The Bertz CT molecular complexity index is 1430. The highest BCUT2D eigenvalue weighted by atomic mass is 35.5. The van der Waals surface area contributed by atoms with Gasteiger partial charge in [-0.05, 0) is 29.3 Å². The second-order valence-electron chi connectivity index (χ2n) is 7.80. The topological polar surface area (TPSA) is 42.0 Å². The van der Waals surface area contributed by atoms with Gasteiger partial charge in [-0.2, -0.15) is 0 Å². The van der Waals surface area contributed by atoms with Crippen LogP contribution in [-0.2, 0) is 6.54 Å². The third-order valence-corrected chi connectivity index (χ3v) is 5.92. The predicted molar refractivity (Wildman–Crippen MR) is 136 cm³/mol. The second-order valence-corrected chi connectivity index (χ2v) is 8.21. The van der Waals surface area contributed by atoms with Crippen LogP contribution in [0.25, 0.3) is 22.0 Å². The summed E-state index contributed by atoms with van der Waals surface area (Å²) < 4.78 is 0. The number of carbonyl (C=O) groups excluding carboxylic acids is 1. The predicted octanol–water partition coefficient (Wildman–Crippen LogP) is 7.40. The molecule has 0 spiro atoms. The van der Waals surface area contributed by atoms with Crippen molar-refractivity contribution in [2.75, 3.05) is 5.32 Å². The van der Waals surface area contributed by atoms with E-state index in [0.717, 1.165) is 22.2 Å². The molecular formula is C29H21ClN2O. The molecule has 5 rings (SSSR count). The van der Waals surface area contributed by atoms with Gasteiger partial charge in [0.15, 0.2) is 5.78 Å². The van der Waals surface area contributed by atoms with Gasteiger partial charge in [-0.3, -0.25) is 9.78 Å². The Labute approximate surface area is 197 Å². The van der Waals surface area contributed by atoms with Crippen molar-refractivity contribution in [1.82, 2.24) is 4.98 Å². The van der Waals surface area contributed by atoms with E-state index >= 15 is 0 Å². The van der Waals surface area contributed by atoms with Crippen LogP contribution < -0.4 is 5.32 Å². The number of ketones is 1. The number of aromatic nitrogens is 1. The molecule has 0 fully saturated rings. The molecule has 1 heterocycles. The lowest BCUT2D eigenvalue weighted by Gasteiger charge is -2.15. The number of carbonyl (C=O) groups is 1. The molecule has 3 nitrogen and oxygen atoms in total. The van der Waals surface area contributed by atoms with Crippen molar-refractivity contribution in [2.45, 2.75) is 6.54 Å². The molecule has 0 aliphatic rings. The Balaban J connectivity index is 1.62. The Morgan fingerprint density at radius 3 is 2.33 bits per heavy atom. The zero-order valence-corrected chi connectivity index (χ0v) is 18.6. The Hall–Kier alpha value is -3.95. The first-order chi connectivity index (χ1) is 16.2. The zero-order valence-electron chi connectivity index (χ0n) is 17.8. The summed E-state index contributed by atoms with van der Waals surface area (Å²) in [6.45, 7) is 0.711. The van der Waals surface area contributed by atoms with Crippen molar-refractivity contribution in [3.05, 3.63) is 131 Å². The lowest BCUT2D eigenvalue weighted by Crippen LogP contribution is -2.05. The van der Waals surface area contributed by atoms with Gasteiger partial charge < -0.3 is 5.32 Å². The average Bonchev–Trinajstić information content (AvgIpc) is 2.88. The monoisotopic (exact) mass is 448 g/mol. The van der Waals surface area contributed by atoms with Gasteiger partial charge in [0.05, 0.1) is 10.5 Å². The molecule has 0 atom stereocenters. The van der Waals surface area contributed by atoms with Crippen LogP contribution in [0.1, 0.15) is 21.5 Å². The molecule has 0 aliphatic heterocycles. The molecule has 4 aromatic carbocycles. The molecule has 0 radical (unpaired) electrons. The number of hydrogen-bond donors (Lipinski definition) is 1. The molecule has 1 N–H and O–H groups in total. The summed E-state index contributed by atoms with van der Waals surface area (Å²) >= 11 is 6.45. The fraction of sp³-hybridized carbons (Fsp3) is 0.0345. The van der Waals surface area contributed by atoms with Gasteiger partial charge in [0, 0.05) is 40.5 Å². The van der Waals surface area contributed by atoms with Gasteiger partial charge in [0.25, 0.3) is 0 Å². The number of hydrogen-bond acceptors (Lipinski definition) is 3. The van der Waals surface area contributed by atoms with E-state index in [4.69, 9.17) is 11.6 Å². The quantitative estimate of drug-likeness (QED) is 0.275. The van der Waals surface area contributed by atoms with Crippen LogP contribution in [0.5, 0.6) is 0 Å². The molecule has 0 aliphatic carbocycles. The third kappa shape index (κ3) is 4.36. The summed E-state index contributed by atoms with van der Waals surface area (Å²) in [6, 6.07) is 33.3. The number of nitrogens with one attached hydrogen (secondary N) is 1. The van der Waals surface area contributed by atoms with Crippen molar-refractivity contribution in [1.29, 1.82) is 0 Å². The highest BCUT2D eigenvalue weighted by Crippen LogP contribution is 2.36. The molecule has 0 amide bonds. The summed E-state index contributed by atoms with van der Waals surface area (Å²) in [7, 11) is 0. The van der Waals surface area contributed by atoms with Crippen molar-refractivity contribution in [3.8, 4) is 11.1 Å². The van der Waals surface area contributed by atoms with Gasteiger partial charge in [-0.15, -0.1) is 0 Å². The Morgan fingerprint density at radius 1 is 0.818 bits per heavy atom. The van der Waals surface area contributed by atoms with Crippen LogP contribution in [-0.4, -0.2) is 10.8 Å². The number of rotatable bonds is 6. The van der Waals surface area contributed by atoms with Gasteiger partial charge in [-0.25, -0.2) is 0 Å². The minimum atomic E-state index is -0.0670. The molecule has 1 aromatic heterocycles. The molecule has 5 aromatic rings. The first kappa shape index (κ1) is 20.9. The van der Waals surface area contributed by atoms with E-state index < -0.39 is 0 Å². The van der Waals surface area contributed by atoms with E-state index in [1.165, 1.54) is 5.56 Å². The standard InChI is InChI=1S/C29H21ClN2O/c30-26-16-8-15-24-27(25(19-32-28(24)26)29(33)21-11-5-2-6-12-21)22-13-7-14-23(17-22)31-18-20-9-3-1-4-10-20/h1-17,19,31H,18H2. The number of benzene rings is 4. The summed E-state index contributed by atoms with van der Waals surface area (Å²) in [6.07, 6.45) is 1.64. The van der Waals surface area contributed by atoms with E-state index in [2.05, 4.69) is 28.5 Å². The van der Waals surface area contributed by atoms with E-state index in [1.54, 1.807) is 6.20 Å². The highest BCUT2D eigenvalue weighted by molar-refractivity contribution is 6.35. The van der Waals surface area contributed by atoms with Crippen LogP contribution in [0.15, 0.2) is 109 Å². The summed E-state index contributed by atoms with van der Waals surface area (Å²) in [5, 5.41) is 4.90. The van der Waals surface area contributed by atoms with E-state index in [-0.39, 0.29) is 5.78 Å². The minimum absolute atomic E-state index is 0.0670. The first-order valence-electron chi connectivity index (χ1n) is 10.8. The summed E-state index contributed by atoms with van der Waals surface area (Å²) in [5.74, 6) is -0.0670. The summed E-state index contributed by atoms with van der Waals surface area (Å²) in [5.41, 5.74) is 5.80. The first-order valence-corrected chi connectivity index (χ1v) is 11.1. The van der Waals surface area contributed by atoms with Gasteiger partial charge in [0.1, 0.15) is 0 Å². The SMILES string of the molecule is O=C(c1ccccc1)c1cnc2c(Cl)cccc2c1-c1cccc(NCc2ccccc2)c1. The van der Waals surface area contributed by atoms with E-state index in [9.17, 15) is 4.79 Å². The van der Waals surface area contributed by atoms with Crippen molar-refractivity contribution >= 4 is 34.0 Å². The molecule has 0 unspecified atom stereocenters. The number of halogens is 1. The normalized spacial score (nSPS) is 10.8. The maximum absolute atomic E-state index is 13.5. The number of fused-ring (bicyclic) bond motifs is 1. The number of nitrogens with zero attached hydrogens (tertiary/aromatic N) is 1. The van der Waals surface area contributed by atoms with E-state index in [0.29, 0.717) is 28.2 Å². The van der Waals surface area contributed by atoms with Gasteiger partial charge >= 0.3 is 0 Å². The average molecular weight is 449 g/mol. The molecule has 33 heavy (non-hydrogen) atoms. The Morgan fingerprint density at radius 2 is 1.55 bits per heavy atom. The van der Waals surface area contributed by atoms with E-state index in [1.807, 2.05) is 84.9 Å². The second kappa shape index (κ2) is 9.27. The van der Waals surface area contributed by atoms with Gasteiger partial charge in [-0.1, -0.05) is 96.5 Å². The fourth-order valence-corrected chi connectivity index (χ4v) is 4.22. The highest BCUT2D eigenvalue weighted by Gasteiger charge is 2.19. The largest absolute Gasteiger partial charge is 0.381 e. The minimum Gasteiger partial charge on any atom is -0.381 e.